The molecule has 4 amide bonds. The molecule has 14 heteroatoms. The average molecular weight is 861 g/mol. The van der Waals surface area contributed by atoms with Gasteiger partial charge in [-0.2, -0.15) is 5.26 Å². The van der Waals surface area contributed by atoms with Gasteiger partial charge < -0.3 is 34.5 Å². The first-order valence-electron chi connectivity index (χ1n) is 22.2. The zero-order valence-corrected chi connectivity index (χ0v) is 37.5. The second kappa shape index (κ2) is 17.1. The number of nitrogens with zero attached hydrogens (tertiary/aromatic N) is 3. The van der Waals surface area contributed by atoms with Crippen molar-refractivity contribution in [2.24, 2.45) is 10.8 Å². The van der Waals surface area contributed by atoms with Crippen molar-refractivity contribution >= 4 is 29.3 Å². The minimum absolute atomic E-state index is 0.0417. The Morgan fingerprint density at radius 1 is 0.873 bits per heavy atom. The summed E-state index contributed by atoms with van der Waals surface area (Å²) >= 11 is 0. The standard InChI is InChI=1S/C49H60N6O8/c1-29-22-35(23-30(2)38(29)27-50)63-46-47(3,4)45(48(46,5)6)53-42(57)31-8-10-32(11-9-31)54-18-16-49(17-19-54)28-55(20-21-61-49)33-24-36(25-33)62-34-12-13-37(40(26-34)60-7)43(58)51-39-14-15-41(56)52-44(39)59/h8-13,22-23,26,33,36,39,45-46H,14-21,24-25,28H2,1-7H3,(H,51,58)(H,53,57)(H,52,56,59)/t33?,36?,39-,45?,46?/m0/s1. The van der Waals surface area contributed by atoms with Gasteiger partial charge in [-0.15, -0.1) is 0 Å². The van der Waals surface area contributed by atoms with Gasteiger partial charge in [0.05, 0.1) is 36.5 Å². The number of benzene rings is 3. The van der Waals surface area contributed by atoms with Crippen LogP contribution in [0.1, 0.15) is 104 Å². The van der Waals surface area contributed by atoms with E-state index in [-0.39, 0.29) is 64.9 Å². The molecular weight excluding hydrogens is 801 g/mol. The summed E-state index contributed by atoms with van der Waals surface area (Å²) in [6, 6.07) is 18.7. The maximum Gasteiger partial charge on any atom is 0.255 e. The number of carbonyl (C=O) groups is 4. The molecule has 14 nitrogen and oxygen atoms in total. The Labute approximate surface area is 369 Å². The molecule has 1 atom stereocenters. The third-order valence-electron chi connectivity index (χ3n) is 14.3. The van der Waals surface area contributed by atoms with Crippen LogP contribution in [-0.4, -0.2) is 104 Å². The van der Waals surface area contributed by atoms with E-state index in [0.717, 1.165) is 74.4 Å². The van der Waals surface area contributed by atoms with Gasteiger partial charge in [0.2, 0.25) is 11.8 Å². The molecule has 0 aromatic heterocycles. The average Bonchev–Trinajstić information content (AvgIpc) is 3.24. The van der Waals surface area contributed by atoms with Crippen LogP contribution in [0.2, 0.25) is 0 Å². The minimum Gasteiger partial charge on any atom is -0.496 e. The quantitative estimate of drug-likeness (QED) is 0.205. The summed E-state index contributed by atoms with van der Waals surface area (Å²) in [4.78, 5) is 55.2. The number of nitriles is 1. The highest BCUT2D eigenvalue weighted by molar-refractivity contribution is 6.04. The largest absolute Gasteiger partial charge is 0.496 e. The molecule has 334 valence electrons. The van der Waals surface area contributed by atoms with Crippen molar-refractivity contribution < 1.29 is 38.1 Å². The summed E-state index contributed by atoms with van der Waals surface area (Å²) in [6.07, 6.45) is 3.95. The fraction of sp³-hybridized carbons (Fsp3) is 0.531. The number of nitrogens with one attached hydrogen (secondary N) is 3. The lowest BCUT2D eigenvalue weighted by atomic mass is 9.49. The molecule has 3 heterocycles. The molecule has 5 fully saturated rings. The van der Waals surface area contributed by atoms with Gasteiger partial charge in [-0.3, -0.25) is 29.4 Å². The van der Waals surface area contributed by atoms with Crippen molar-refractivity contribution in [1.82, 2.24) is 20.9 Å². The number of hydrogen-bond donors (Lipinski definition) is 3. The fourth-order valence-corrected chi connectivity index (χ4v) is 10.9. The van der Waals surface area contributed by atoms with Crippen LogP contribution in [0.5, 0.6) is 17.2 Å². The molecule has 2 aliphatic carbocycles. The summed E-state index contributed by atoms with van der Waals surface area (Å²) < 4.78 is 24.9. The summed E-state index contributed by atoms with van der Waals surface area (Å²) in [6.45, 7) is 16.6. The smallest absolute Gasteiger partial charge is 0.255 e. The van der Waals surface area contributed by atoms with Gasteiger partial charge in [-0.05, 0) is 92.8 Å². The summed E-state index contributed by atoms with van der Waals surface area (Å²) in [5.74, 6) is 0.312. The van der Waals surface area contributed by atoms with Crippen LogP contribution in [0, 0.1) is 36.0 Å². The second-order valence-corrected chi connectivity index (χ2v) is 19.3. The zero-order chi connectivity index (χ0) is 44.8. The summed E-state index contributed by atoms with van der Waals surface area (Å²) in [7, 11) is 1.49. The molecule has 3 aliphatic heterocycles. The zero-order valence-electron chi connectivity index (χ0n) is 37.5. The van der Waals surface area contributed by atoms with E-state index in [0.29, 0.717) is 35.3 Å². The lowest BCUT2D eigenvalue weighted by molar-refractivity contribution is -0.164. The van der Waals surface area contributed by atoms with Gasteiger partial charge in [-0.1, -0.05) is 27.7 Å². The Kier molecular flexibility index (Phi) is 12.0. The molecule has 3 saturated heterocycles. The Hall–Kier alpha value is -5.65. The molecular formula is C49H60N6O8. The lowest BCUT2D eigenvalue weighted by Crippen LogP contribution is -2.74. The van der Waals surface area contributed by atoms with Crippen molar-refractivity contribution in [2.45, 2.75) is 116 Å². The molecule has 3 aromatic rings. The Bertz CT molecular complexity index is 2270. The van der Waals surface area contributed by atoms with E-state index < -0.39 is 17.9 Å². The molecule has 8 rings (SSSR count). The number of piperidine rings is 2. The summed E-state index contributed by atoms with van der Waals surface area (Å²) in [5.41, 5.74) is 3.64. The number of anilines is 1. The maximum absolute atomic E-state index is 13.6. The number of carbonyl (C=O) groups excluding carboxylic acids is 4. The van der Waals surface area contributed by atoms with E-state index in [9.17, 15) is 24.4 Å². The molecule has 2 saturated carbocycles. The van der Waals surface area contributed by atoms with E-state index in [1.54, 1.807) is 18.2 Å². The highest BCUT2D eigenvalue weighted by atomic mass is 16.5. The molecule has 1 spiro atoms. The highest BCUT2D eigenvalue weighted by Crippen LogP contribution is 2.55. The highest BCUT2D eigenvalue weighted by Gasteiger charge is 2.64. The van der Waals surface area contributed by atoms with E-state index in [1.807, 2.05) is 50.2 Å². The van der Waals surface area contributed by atoms with Crippen LogP contribution >= 0.6 is 0 Å². The van der Waals surface area contributed by atoms with Crippen molar-refractivity contribution in [2.75, 3.05) is 44.8 Å². The van der Waals surface area contributed by atoms with Crippen molar-refractivity contribution in [3.63, 3.8) is 0 Å². The van der Waals surface area contributed by atoms with Gasteiger partial charge in [0.25, 0.3) is 11.8 Å². The predicted octanol–water partition coefficient (Wildman–Crippen LogP) is 5.61. The number of morpholine rings is 1. The lowest BCUT2D eigenvalue weighted by Gasteiger charge is -2.63. The van der Waals surface area contributed by atoms with Gasteiger partial charge in [0.15, 0.2) is 0 Å². The molecule has 0 unspecified atom stereocenters. The Morgan fingerprint density at radius 2 is 1.56 bits per heavy atom. The van der Waals surface area contributed by atoms with Crippen molar-refractivity contribution in [3.05, 3.63) is 82.4 Å². The monoisotopic (exact) mass is 860 g/mol. The molecule has 3 aromatic carbocycles. The first kappa shape index (κ1) is 44.0. The Balaban J connectivity index is 0.795. The first-order valence-corrected chi connectivity index (χ1v) is 22.2. The number of aryl methyl sites for hydroxylation is 2. The van der Waals surface area contributed by atoms with Gasteiger partial charge in [0, 0.05) is 85.7 Å². The van der Waals surface area contributed by atoms with E-state index in [4.69, 9.17) is 18.9 Å². The van der Waals surface area contributed by atoms with Crippen molar-refractivity contribution in [1.29, 1.82) is 5.26 Å². The van der Waals surface area contributed by atoms with E-state index in [1.165, 1.54) is 7.11 Å². The third kappa shape index (κ3) is 8.70. The molecule has 3 N–H and O–H groups in total. The van der Waals surface area contributed by atoms with Gasteiger partial charge in [-0.25, -0.2) is 0 Å². The van der Waals surface area contributed by atoms with Gasteiger partial charge in [0.1, 0.15) is 35.5 Å². The van der Waals surface area contributed by atoms with Crippen LogP contribution in [0.3, 0.4) is 0 Å². The normalized spacial score (nSPS) is 26.0. The van der Waals surface area contributed by atoms with Crippen LogP contribution < -0.4 is 35.1 Å². The van der Waals surface area contributed by atoms with Crippen LogP contribution in [0.4, 0.5) is 5.69 Å². The molecule has 63 heavy (non-hydrogen) atoms. The van der Waals surface area contributed by atoms with Crippen LogP contribution in [0.25, 0.3) is 0 Å². The van der Waals surface area contributed by atoms with E-state index >= 15 is 0 Å². The number of ether oxygens (including phenoxy) is 4. The Morgan fingerprint density at radius 3 is 2.19 bits per heavy atom. The second-order valence-electron chi connectivity index (χ2n) is 19.3. The van der Waals surface area contributed by atoms with Crippen LogP contribution in [-0.2, 0) is 14.3 Å². The predicted molar refractivity (Wildman–Crippen MR) is 236 cm³/mol. The van der Waals surface area contributed by atoms with Crippen molar-refractivity contribution in [3.8, 4) is 23.3 Å². The number of methoxy groups -OCH3 is 1. The molecule has 0 bridgehead atoms. The van der Waals surface area contributed by atoms with Gasteiger partial charge >= 0.3 is 0 Å². The topological polar surface area (TPSA) is 172 Å². The van der Waals surface area contributed by atoms with E-state index in [2.05, 4.69) is 59.5 Å². The number of rotatable bonds is 11. The maximum atomic E-state index is 13.6. The molecule has 5 aliphatic rings. The van der Waals surface area contributed by atoms with Crippen LogP contribution in [0.15, 0.2) is 54.6 Å². The first-order chi connectivity index (χ1) is 30.0. The fourth-order valence-electron chi connectivity index (χ4n) is 10.9. The number of imide groups is 1. The number of hydrogen-bond acceptors (Lipinski definition) is 11. The molecule has 0 radical (unpaired) electrons. The third-order valence-corrected chi connectivity index (χ3v) is 14.3. The SMILES string of the molecule is COc1cc(OC2CC(N3CCOC4(CCN(c5ccc(C(=O)NC6C(C)(C)C(Oc7cc(C)c(C#N)c(C)c7)C6(C)C)cc5)CC4)C3)C2)ccc1C(=O)N[C@H]1CCC(=O)NC1=O. The summed E-state index contributed by atoms with van der Waals surface area (Å²) in [5, 5.41) is 17.8. The number of amides is 4. The minimum atomic E-state index is -0.776.